The van der Waals surface area contributed by atoms with E-state index in [4.69, 9.17) is 9.47 Å². The van der Waals surface area contributed by atoms with E-state index in [0.29, 0.717) is 12.6 Å². The first-order chi connectivity index (χ1) is 12.1. The van der Waals surface area contributed by atoms with Crippen molar-refractivity contribution in [2.75, 3.05) is 20.4 Å². The van der Waals surface area contributed by atoms with Crippen molar-refractivity contribution in [1.82, 2.24) is 10.6 Å². The van der Waals surface area contributed by atoms with E-state index in [9.17, 15) is 0 Å². The zero-order valence-corrected chi connectivity index (χ0v) is 16.4. The predicted octanol–water partition coefficient (Wildman–Crippen LogP) is 2.97. The second kappa shape index (κ2) is 8.21. The number of hydrogen-bond acceptors (Lipinski definition) is 4. The van der Waals surface area contributed by atoms with Crippen LogP contribution in [0, 0.1) is 0 Å². The van der Waals surface area contributed by atoms with E-state index in [1.807, 2.05) is 18.8 Å². The maximum Gasteiger partial charge on any atom is 0.191 e. The zero-order valence-electron chi connectivity index (χ0n) is 15.6. The summed E-state index contributed by atoms with van der Waals surface area (Å²) in [5, 5.41) is 7.74. The summed E-state index contributed by atoms with van der Waals surface area (Å²) in [4.78, 5) is 4.37. The van der Waals surface area contributed by atoms with Crippen LogP contribution in [0.4, 0.5) is 0 Å². The molecule has 1 aromatic rings. The van der Waals surface area contributed by atoms with Gasteiger partial charge in [0.1, 0.15) is 17.6 Å². The first-order valence-electron chi connectivity index (χ1n) is 8.99. The van der Waals surface area contributed by atoms with Crippen LogP contribution in [0.15, 0.2) is 17.1 Å². The molecular weight excluding hydrogens is 334 g/mol. The predicted molar refractivity (Wildman–Crippen MR) is 105 cm³/mol. The molecule has 25 heavy (non-hydrogen) atoms. The highest BCUT2D eigenvalue weighted by Crippen LogP contribution is 2.35. The van der Waals surface area contributed by atoms with Crippen LogP contribution in [0.1, 0.15) is 37.3 Å². The van der Waals surface area contributed by atoms with Crippen molar-refractivity contribution >= 4 is 17.7 Å². The van der Waals surface area contributed by atoms with Crippen molar-refractivity contribution < 1.29 is 9.47 Å². The number of guanidine groups is 1. The van der Waals surface area contributed by atoms with E-state index >= 15 is 0 Å². The van der Waals surface area contributed by atoms with Gasteiger partial charge in [-0.15, -0.1) is 0 Å². The minimum Gasteiger partial charge on any atom is -0.496 e. The van der Waals surface area contributed by atoms with Crippen molar-refractivity contribution in [3.63, 3.8) is 0 Å². The molecule has 0 radical (unpaired) electrons. The number of thioether (sulfide) groups is 1. The summed E-state index contributed by atoms with van der Waals surface area (Å²) >= 11 is 1.97. The second-order valence-corrected chi connectivity index (χ2v) is 7.98. The maximum atomic E-state index is 5.88. The standard InChI is InChI=1S/C19H29N3O2S/c1-12-7-13-8-17(23-3)14(9-18(13)24-12)11-21-19(20-2)22-15-5-6-16(10-15)25-4/h8-9,12,15-16H,5-7,10-11H2,1-4H3,(H2,20,21,22). The summed E-state index contributed by atoms with van der Waals surface area (Å²) in [7, 11) is 3.54. The lowest BCUT2D eigenvalue weighted by Crippen LogP contribution is -2.42. The van der Waals surface area contributed by atoms with Gasteiger partial charge in [-0.25, -0.2) is 0 Å². The summed E-state index contributed by atoms with van der Waals surface area (Å²) in [6.45, 7) is 2.76. The fraction of sp³-hybridized carbons (Fsp3) is 0.632. The molecule has 2 aliphatic rings. The molecule has 1 aliphatic heterocycles. The monoisotopic (exact) mass is 363 g/mol. The SMILES string of the molecule is CN=C(NCc1cc2c(cc1OC)CC(C)O2)NC1CCC(SC)C1. The highest BCUT2D eigenvalue weighted by molar-refractivity contribution is 7.99. The lowest BCUT2D eigenvalue weighted by Gasteiger charge is -2.18. The Bertz CT molecular complexity index is 635. The van der Waals surface area contributed by atoms with E-state index in [1.165, 1.54) is 24.8 Å². The molecular formula is C19H29N3O2S. The average molecular weight is 364 g/mol. The third-order valence-corrected chi connectivity index (χ3v) is 6.12. The van der Waals surface area contributed by atoms with Crippen LogP contribution in [0.2, 0.25) is 0 Å². The fourth-order valence-electron chi connectivity index (χ4n) is 3.66. The quantitative estimate of drug-likeness (QED) is 0.622. The van der Waals surface area contributed by atoms with Crippen molar-refractivity contribution in [3.05, 3.63) is 23.3 Å². The Morgan fingerprint density at radius 2 is 2.24 bits per heavy atom. The van der Waals surface area contributed by atoms with Crippen LogP contribution in [0.25, 0.3) is 0 Å². The van der Waals surface area contributed by atoms with Gasteiger partial charge in [0.05, 0.1) is 7.11 Å². The van der Waals surface area contributed by atoms with Gasteiger partial charge in [-0.05, 0) is 44.6 Å². The molecule has 1 aliphatic carbocycles. The summed E-state index contributed by atoms with van der Waals surface area (Å²) in [5.74, 6) is 2.73. The number of nitrogens with zero attached hydrogens (tertiary/aromatic N) is 1. The van der Waals surface area contributed by atoms with Crippen LogP contribution >= 0.6 is 11.8 Å². The number of hydrogen-bond donors (Lipinski definition) is 2. The molecule has 3 rings (SSSR count). The fourth-order valence-corrected chi connectivity index (χ4v) is 4.46. The molecule has 0 bridgehead atoms. The number of rotatable bonds is 5. The second-order valence-electron chi connectivity index (χ2n) is 6.84. The third-order valence-electron chi connectivity index (χ3n) is 5.03. The van der Waals surface area contributed by atoms with Gasteiger partial charge in [-0.3, -0.25) is 4.99 Å². The largest absolute Gasteiger partial charge is 0.496 e. The molecule has 0 saturated heterocycles. The molecule has 0 amide bonds. The molecule has 3 atom stereocenters. The smallest absolute Gasteiger partial charge is 0.191 e. The van der Waals surface area contributed by atoms with Crippen LogP contribution < -0.4 is 20.1 Å². The first kappa shape index (κ1) is 18.2. The minimum atomic E-state index is 0.240. The summed E-state index contributed by atoms with van der Waals surface area (Å²) in [6.07, 6.45) is 7.08. The lowest BCUT2D eigenvalue weighted by molar-refractivity contribution is 0.254. The van der Waals surface area contributed by atoms with Crippen molar-refractivity contribution in [3.8, 4) is 11.5 Å². The Morgan fingerprint density at radius 1 is 1.40 bits per heavy atom. The topological polar surface area (TPSA) is 54.9 Å². The van der Waals surface area contributed by atoms with Gasteiger partial charge in [-0.1, -0.05) is 0 Å². The average Bonchev–Trinajstić information content (AvgIpc) is 3.22. The molecule has 0 aromatic heterocycles. The molecule has 6 heteroatoms. The minimum absolute atomic E-state index is 0.240. The molecule has 1 saturated carbocycles. The van der Waals surface area contributed by atoms with Gasteiger partial charge >= 0.3 is 0 Å². The first-order valence-corrected chi connectivity index (χ1v) is 10.3. The van der Waals surface area contributed by atoms with Crippen LogP contribution in [0.5, 0.6) is 11.5 Å². The highest BCUT2D eigenvalue weighted by Gasteiger charge is 2.25. The molecule has 0 spiro atoms. The van der Waals surface area contributed by atoms with Crippen LogP contribution in [-0.2, 0) is 13.0 Å². The Hall–Kier alpha value is -1.56. The number of aliphatic imine (C=N–C) groups is 1. The molecule has 1 aromatic carbocycles. The number of fused-ring (bicyclic) bond motifs is 1. The molecule has 5 nitrogen and oxygen atoms in total. The van der Waals surface area contributed by atoms with Crippen molar-refractivity contribution in [2.24, 2.45) is 4.99 Å². The van der Waals surface area contributed by atoms with E-state index in [0.717, 1.165) is 34.7 Å². The van der Waals surface area contributed by atoms with Gasteiger partial charge < -0.3 is 20.1 Å². The van der Waals surface area contributed by atoms with Gasteiger partial charge in [0.25, 0.3) is 0 Å². The number of benzene rings is 1. The molecule has 1 fully saturated rings. The van der Waals surface area contributed by atoms with Crippen LogP contribution in [0.3, 0.4) is 0 Å². The summed E-state index contributed by atoms with van der Waals surface area (Å²) in [6, 6.07) is 4.71. The van der Waals surface area contributed by atoms with Crippen molar-refractivity contribution in [1.29, 1.82) is 0 Å². The molecule has 3 unspecified atom stereocenters. The van der Waals surface area contributed by atoms with Crippen LogP contribution in [-0.4, -0.2) is 43.8 Å². The van der Waals surface area contributed by atoms with Gasteiger partial charge in [-0.2, -0.15) is 11.8 Å². The van der Waals surface area contributed by atoms with Gasteiger partial charge in [0.2, 0.25) is 0 Å². The lowest BCUT2D eigenvalue weighted by atomic mass is 10.1. The Labute approximate surface area is 155 Å². The Morgan fingerprint density at radius 3 is 2.92 bits per heavy atom. The Balaban J connectivity index is 1.61. The van der Waals surface area contributed by atoms with Crippen molar-refractivity contribution in [2.45, 2.75) is 56.5 Å². The van der Waals surface area contributed by atoms with Gasteiger partial charge in [0, 0.05) is 42.4 Å². The molecule has 138 valence electrons. The third kappa shape index (κ3) is 4.35. The summed E-state index contributed by atoms with van der Waals surface area (Å²) < 4.78 is 11.5. The van der Waals surface area contributed by atoms with E-state index in [-0.39, 0.29) is 6.10 Å². The highest BCUT2D eigenvalue weighted by atomic mass is 32.2. The molecule has 1 heterocycles. The summed E-state index contributed by atoms with van der Waals surface area (Å²) in [5.41, 5.74) is 2.32. The number of nitrogens with one attached hydrogen (secondary N) is 2. The van der Waals surface area contributed by atoms with E-state index in [2.05, 4.69) is 40.9 Å². The molecule has 2 N–H and O–H groups in total. The number of ether oxygens (including phenoxy) is 2. The normalized spacial score (nSPS) is 25.4. The van der Waals surface area contributed by atoms with E-state index < -0.39 is 0 Å². The van der Waals surface area contributed by atoms with Gasteiger partial charge in [0.15, 0.2) is 5.96 Å². The van der Waals surface area contributed by atoms with E-state index in [1.54, 1.807) is 7.11 Å². The zero-order chi connectivity index (χ0) is 17.8. The maximum absolute atomic E-state index is 5.88. The Kier molecular flexibility index (Phi) is 5.99. The number of methoxy groups -OCH3 is 1.